The first-order valence-electron chi connectivity index (χ1n) is 6.23. The number of carboxylic acid groups (broad SMARTS) is 1. The minimum atomic E-state index is -0.899. The van der Waals surface area contributed by atoms with E-state index in [-0.39, 0.29) is 12.4 Å². The summed E-state index contributed by atoms with van der Waals surface area (Å²) in [6.07, 6.45) is 0.475. The molecule has 20 heavy (non-hydrogen) atoms. The molecule has 7 nitrogen and oxygen atoms in total. The summed E-state index contributed by atoms with van der Waals surface area (Å²) in [5.41, 5.74) is -0.305. The maximum absolute atomic E-state index is 11.4. The van der Waals surface area contributed by atoms with Gasteiger partial charge in [-0.05, 0) is 20.3 Å². The first kappa shape index (κ1) is 15.9. The minimum absolute atomic E-state index is 0.0523. The molecule has 0 amide bonds. The second-order valence-corrected chi connectivity index (χ2v) is 4.78. The van der Waals surface area contributed by atoms with E-state index >= 15 is 0 Å². The lowest BCUT2D eigenvalue weighted by molar-refractivity contribution is -0.147. The second-order valence-electron chi connectivity index (χ2n) is 4.78. The van der Waals surface area contributed by atoms with E-state index in [1.165, 1.54) is 7.11 Å². The highest BCUT2D eigenvalue weighted by atomic mass is 16.5. The molecule has 0 aliphatic heterocycles. The largest absolute Gasteiger partial charge is 0.481 e. The van der Waals surface area contributed by atoms with Crippen molar-refractivity contribution in [2.45, 2.75) is 27.2 Å². The summed E-state index contributed by atoms with van der Waals surface area (Å²) in [7, 11) is 1.25. The smallest absolute Gasteiger partial charge is 0.376 e. The minimum Gasteiger partial charge on any atom is -0.481 e. The predicted molar refractivity (Wildman–Crippen MR) is 72.6 cm³/mol. The lowest BCUT2D eigenvalue weighted by atomic mass is 9.88. The Bertz CT molecular complexity index is 518. The summed E-state index contributed by atoms with van der Waals surface area (Å²) < 4.78 is 4.57. The molecule has 1 rings (SSSR count). The molecule has 0 radical (unpaired) electrons. The standard InChI is InChI=1S/C13H19N3O4/c1-5-13(3,12(18)19)7-14-9-6-8(2)15-10(16-9)11(17)20-4/h6H,5,7H2,1-4H3,(H,18,19)(H,14,15,16). The van der Waals surface area contributed by atoms with E-state index in [1.807, 2.05) is 0 Å². The average Bonchev–Trinajstić information content (AvgIpc) is 2.43. The van der Waals surface area contributed by atoms with Gasteiger partial charge in [-0.15, -0.1) is 0 Å². The summed E-state index contributed by atoms with van der Waals surface area (Å²) in [4.78, 5) is 30.6. The van der Waals surface area contributed by atoms with Crippen LogP contribution >= 0.6 is 0 Å². The molecular weight excluding hydrogens is 262 g/mol. The van der Waals surface area contributed by atoms with Crippen molar-refractivity contribution in [3.8, 4) is 0 Å². The predicted octanol–water partition coefficient (Wildman–Crippen LogP) is 1.48. The third-order valence-corrected chi connectivity index (χ3v) is 3.18. The molecule has 0 spiro atoms. The number of hydrogen-bond donors (Lipinski definition) is 2. The van der Waals surface area contributed by atoms with Crippen LogP contribution in [0.15, 0.2) is 6.07 Å². The monoisotopic (exact) mass is 281 g/mol. The van der Waals surface area contributed by atoms with Crippen molar-refractivity contribution in [3.63, 3.8) is 0 Å². The highest BCUT2D eigenvalue weighted by Crippen LogP contribution is 2.22. The van der Waals surface area contributed by atoms with E-state index in [1.54, 1.807) is 26.8 Å². The summed E-state index contributed by atoms with van der Waals surface area (Å²) in [5, 5.41) is 12.1. The number of nitrogens with one attached hydrogen (secondary N) is 1. The zero-order chi connectivity index (χ0) is 15.3. The lowest BCUT2D eigenvalue weighted by Gasteiger charge is -2.23. The molecule has 2 N–H and O–H groups in total. The Balaban J connectivity index is 2.91. The number of esters is 1. The normalized spacial score (nSPS) is 13.4. The van der Waals surface area contributed by atoms with Crippen LogP contribution in [0, 0.1) is 12.3 Å². The molecule has 1 aromatic rings. The zero-order valence-electron chi connectivity index (χ0n) is 12.1. The number of carbonyl (C=O) groups is 2. The number of anilines is 1. The van der Waals surface area contributed by atoms with Crippen LogP contribution in [0.3, 0.4) is 0 Å². The molecule has 0 bridgehead atoms. The van der Waals surface area contributed by atoms with E-state index in [0.717, 1.165) is 0 Å². The summed E-state index contributed by atoms with van der Waals surface area (Å²) in [6.45, 7) is 5.38. The van der Waals surface area contributed by atoms with Crippen molar-refractivity contribution in [3.05, 3.63) is 17.6 Å². The van der Waals surface area contributed by atoms with Crippen LogP contribution in [-0.2, 0) is 9.53 Å². The van der Waals surface area contributed by atoms with Gasteiger partial charge in [0.05, 0.1) is 12.5 Å². The molecule has 0 saturated heterocycles. The number of hydrogen-bond acceptors (Lipinski definition) is 6. The van der Waals surface area contributed by atoms with Gasteiger partial charge in [-0.1, -0.05) is 6.92 Å². The van der Waals surface area contributed by atoms with Crippen LogP contribution in [0.4, 0.5) is 5.82 Å². The van der Waals surface area contributed by atoms with Crippen molar-refractivity contribution >= 4 is 17.8 Å². The number of rotatable bonds is 6. The highest BCUT2D eigenvalue weighted by molar-refractivity contribution is 5.85. The molecule has 0 saturated carbocycles. The summed E-state index contributed by atoms with van der Waals surface area (Å²) >= 11 is 0. The number of ether oxygens (including phenoxy) is 1. The zero-order valence-corrected chi connectivity index (χ0v) is 12.1. The van der Waals surface area contributed by atoms with Crippen molar-refractivity contribution < 1.29 is 19.4 Å². The average molecular weight is 281 g/mol. The van der Waals surface area contributed by atoms with E-state index < -0.39 is 17.4 Å². The van der Waals surface area contributed by atoms with Crippen molar-refractivity contribution in [2.24, 2.45) is 5.41 Å². The Morgan fingerprint density at radius 1 is 1.45 bits per heavy atom. The first-order chi connectivity index (χ1) is 9.32. The van der Waals surface area contributed by atoms with Crippen LogP contribution in [0.1, 0.15) is 36.6 Å². The van der Waals surface area contributed by atoms with Crippen molar-refractivity contribution in [1.82, 2.24) is 9.97 Å². The molecular formula is C13H19N3O4. The Morgan fingerprint density at radius 2 is 2.10 bits per heavy atom. The first-order valence-corrected chi connectivity index (χ1v) is 6.23. The molecule has 0 aromatic carbocycles. The van der Waals surface area contributed by atoms with Gasteiger partial charge in [-0.25, -0.2) is 14.8 Å². The second kappa shape index (κ2) is 6.31. The number of aliphatic carboxylic acids is 1. The molecule has 1 unspecified atom stereocenters. The van der Waals surface area contributed by atoms with Gasteiger partial charge in [0.25, 0.3) is 0 Å². The molecule has 1 aromatic heterocycles. The van der Waals surface area contributed by atoms with Gasteiger partial charge >= 0.3 is 11.9 Å². The molecule has 7 heteroatoms. The van der Waals surface area contributed by atoms with Crippen LogP contribution in [0.2, 0.25) is 0 Å². The summed E-state index contributed by atoms with van der Waals surface area (Å²) in [5.74, 6) is -1.16. The number of aryl methyl sites for hydroxylation is 1. The number of nitrogens with zero attached hydrogens (tertiary/aromatic N) is 2. The fraction of sp³-hybridized carbons (Fsp3) is 0.538. The lowest BCUT2D eigenvalue weighted by Crippen LogP contribution is -2.34. The Morgan fingerprint density at radius 3 is 2.60 bits per heavy atom. The maximum atomic E-state index is 11.4. The van der Waals surface area contributed by atoms with E-state index in [2.05, 4.69) is 20.0 Å². The van der Waals surface area contributed by atoms with Gasteiger partial charge in [-0.3, -0.25) is 4.79 Å². The third-order valence-electron chi connectivity index (χ3n) is 3.18. The molecule has 1 heterocycles. The Kier molecular flexibility index (Phi) is 5.01. The summed E-state index contributed by atoms with van der Waals surface area (Å²) in [6, 6.07) is 1.64. The molecule has 110 valence electrons. The SMILES string of the molecule is CCC(C)(CNc1cc(C)nc(C(=O)OC)n1)C(=O)O. The Hall–Kier alpha value is -2.18. The fourth-order valence-electron chi connectivity index (χ4n) is 1.48. The van der Waals surface area contributed by atoms with Gasteiger partial charge in [0.15, 0.2) is 0 Å². The quantitative estimate of drug-likeness (QED) is 0.761. The van der Waals surface area contributed by atoms with E-state index in [0.29, 0.717) is 17.9 Å². The maximum Gasteiger partial charge on any atom is 0.376 e. The number of carboxylic acids is 1. The third kappa shape index (κ3) is 3.66. The van der Waals surface area contributed by atoms with Crippen LogP contribution in [0.5, 0.6) is 0 Å². The molecule has 0 fully saturated rings. The molecule has 0 aliphatic rings. The van der Waals surface area contributed by atoms with E-state index in [9.17, 15) is 14.7 Å². The van der Waals surface area contributed by atoms with E-state index in [4.69, 9.17) is 0 Å². The number of aromatic nitrogens is 2. The van der Waals surface area contributed by atoms with Gasteiger partial charge < -0.3 is 15.2 Å². The van der Waals surface area contributed by atoms with Gasteiger partial charge in [0, 0.05) is 18.3 Å². The topological polar surface area (TPSA) is 101 Å². The number of methoxy groups -OCH3 is 1. The Labute approximate surface area is 117 Å². The van der Waals surface area contributed by atoms with Gasteiger partial charge in [-0.2, -0.15) is 0 Å². The molecule has 1 atom stereocenters. The van der Waals surface area contributed by atoms with Gasteiger partial charge in [0.2, 0.25) is 5.82 Å². The number of carbonyl (C=O) groups excluding carboxylic acids is 1. The fourth-order valence-corrected chi connectivity index (χ4v) is 1.48. The highest BCUT2D eigenvalue weighted by Gasteiger charge is 2.31. The van der Waals surface area contributed by atoms with Crippen LogP contribution < -0.4 is 5.32 Å². The van der Waals surface area contributed by atoms with Crippen LogP contribution in [0.25, 0.3) is 0 Å². The van der Waals surface area contributed by atoms with Gasteiger partial charge in [0.1, 0.15) is 5.82 Å². The van der Waals surface area contributed by atoms with Crippen molar-refractivity contribution in [2.75, 3.05) is 19.0 Å². The van der Waals surface area contributed by atoms with Crippen LogP contribution in [-0.4, -0.2) is 40.7 Å². The molecule has 0 aliphatic carbocycles. The van der Waals surface area contributed by atoms with Crippen molar-refractivity contribution in [1.29, 1.82) is 0 Å².